The Morgan fingerprint density at radius 1 is 1.00 bits per heavy atom. The van der Waals surface area contributed by atoms with Crippen LogP contribution in [0.15, 0.2) is 73.5 Å². The number of phenols is 1. The predicted molar refractivity (Wildman–Crippen MR) is 127 cm³/mol. The summed E-state index contributed by atoms with van der Waals surface area (Å²) in [5.41, 5.74) is 5.46. The first-order chi connectivity index (χ1) is 15.7. The minimum Gasteiger partial charge on any atom is -0.507 e. The summed E-state index contributed by atoms with van der Waals surface area (Å²) in [6, 6.07) is 7.95. The van der Waals surface area contributed by atoms with Crippen LogP contribution in [-0.2, 0) is 25.0 Å². The lowest BCUT2D eigenvalue weighted by Crippen LogP contribution is -2.11. The van der Waals surface area contributed by atoms with Crippen molar-refractivity contribution in [2.24, 2.45) is 10.2 Å². The number of phenolic OH excluding ortho intramolecular Hbond substituents is 1. The molecule has 0 aromatic heterocycles. The molecule has 0 aliphatic carbocycles. The fourth-order valence-electron chi connectivity index (χ4n) is 2.85. The Kier molecular flexibility index (Phi) is 6.77. The first-order valence-electron chi connectivity index (χ1n) is 8.90. The van der Waals surface area contributed by atoms with Crippen molar-refractivity contribution < 1.29 is 35.8 Å². The molecule has 0 bridgehead atoms. The van der Waals surface area contributed by atoms with E-state index < -0.39 is 41.7 Å². The number of nitrogens with one attached hydrogen (secondary N) is 1. The molecule has 6 N–H and O–H groups in total. The number of nitrogens with two attached hydrogens (primary N) is 1. The van der Waals surface area contributed by atoms with Crippen LogP contribution in [-0.4, -0.2) is 37.0 Å². The van der Waals surface area contributed by atoms with Crippen LogP contribution in [0.25, 0.3) is 10.8 Å². The quantitative estimate of drug-likeness (QED) is 0.126. The summed E-state index contributed by atoms with van der Waals surface area (Å²) in [6.07, 6.45) is 0. The lowest BCUT2D eigenvalue weighted by molar-refractivity contribution is -0.112. The average Bonchev–Trinajstić information content (AvgIpc) is 2.72. The molecule has 0 saturated carbocycles. The Morgan fingerprint density at radius 3 is 2.26 bits per heavy atom. The third-order valence-electron chi connectivity index (χ3n) is 4.37. The van der Waals surface area contributed by atoms with E-state index in [1.54, 1.807) is 0 Å². The Hall–Kier alpha value is -3.37. The third kappa shape index (κ3) is 5.40. The van der Waals surface area contributed by atoms with Gasteiger partial charge in [0.2, 0.25) is 0 Å². The summed E-state index contributed by atoms with van der Waals surface area (Å²) >= 11 is 2.88. The molecule has 0 heterocycles. The van der Waals surface area contributed by atoms with Gasteiger partial charge in [-0.25, -0.2) is 0 Å². The van der Waals surface area contributed by atoms with E-state index in [4.69, 9.17) is 5.73 Å². The van der Waals surface area contributed by atoms with Gasteiger partial charge in [-0.2, -0.15) is 16.8 Å². The number of fused-ring (bicyclic) bond motifs is 1. The maximum atomic E-state index is 11.9. The van der Waals surface area contributed by atoms with E-state index in [9.17, 15) is 35.8 Å². The van der Waals surface area contributed by atoms with E-state index in [1.165, 1.54) is 18.2 Å². The molecule has 3 rings (SSSR count). The molecular weight excluding hydrogens is 556 g/mol. The van der Waals surface area contributed by atoms with E-state index in [1.807, 2.05) is 0 Å². The van der Waals surface area contributed by atoms with Gasteiger partial charge >= 0.3 is 0 Å². The summed E-state index contributed by atoms with van der Waals surface area (Å²) in [7, 11) is -9.43. The second kappa shape index (κ2) is 9.11. The second-order valence-corrected chi connectivity index (χ2v) is 10.5. The zero-order chi connectivity index (χ0) is 25.4. The van der Waals surface area contributed by atoms with Crippen LogP contribution in [0.3, 0.4) is 0 Å². The van der Waals surface area contributed by atoms with Crippen molar-refractivity contribution in [3.8, 4) is 5.75 Å². The standard InChI is InChI=1S/C19H15BrN4O8S2/c1-9(20)19(26)22-11-3-5-14(16(7-11)34(30,31)32)23-24-18-13(21)4-2-10-6-12(33(27,28)29)8-15(25)17(10)18/h2-8,25H,1,21H2,(H,22,26)(H,27,28,29)(H,30,31,32). The number of carbonyl (C=O) groups excluding carboxylic acids is 1. The maximum absolute atomic E-state index is 11.9. The number of aromatic hydroxyl groups is 1. The number of nitrogens with zero attached hydrogens (tertiary/aromatic N) is 2. The van der Waals surface area contributed by atoms with Crippen molar-refractivity contribution in [1.82, 2.24) is 0 Å². The van der Waals surface area contributed by atoms with Gasteiger partial charge in [0.25, 0.3) is 26.1 Å². The van der Waals surface area contributed by atoms with E-state index in [2.05, 4.69) is 38.1 Å². The topological polar surface area (TPSA) is 209 Å². The van der Waals surface area contributed by atoms with E-state index in [-0.39, 0.29) is 38.0 Å². The zero-order valence-corrected chi connectivity index (χ0v) is 20.0. The highest BCUT2D eigenvalue weighted by Gasteiger charge is 2.19. The molecule has 3 aromatic carbocycles. The van der Waals surface area contributed by atoms with E-state index in [0.29, 0.717) is 0 Å². The van der Waals surface area contributed by atoms with Crippen LogP contribution in [0.1, 0.15) is 0 Å². The molecule has 1 amide bonds. The molecule has 34 heavy (non-hydrogen) atoms. The van der Waals surface area contributed by atoms with Gasteiger partial charge in [0.15, 0.2) is 0 Å². The highest BCUT2D eigenvalue weighted by atomic mass is 79.9. The molecule has 0 fully saturated rings. The number of azo groups is 1. The Bertz CT molecular complexity index is 1600. The fourth-order valence-corrected chi connectivity index (χ4v) is 4.14. The van der Waals surface area contributed by atoms with Crippen molar-refractivity contribution in [2.45, 2.75) is 9.79 Å². The first kappa shape index (κ1) is 25.3. The zero-order valence-electron chi connectivity index (χ0n) is 16.8. The van der Waals surface area contributed by atoms with Gasteiger partial charge in [0.1, 0.15) is 22.0 Å². The molecule has 15 heteroatoms. The molecule has 0 atom stereocenters. The average molecular weight is 571 g/mol. The number of amides is 1. The number of halogens is 1. The third-order valence-corrected chi connectivity index (χ3v) is 6.45. The number of benzene rings is 3. The molecule has 0 aliphatic rings. The Morgan fingerprint density at radius 2 is 1.68 bits per heavy atom. The number of carbonyl (C=O) groups is 1. The molecule has 0 radical (unpaired) electrons. The fraction of sp³-hybridized carbons (Fsp3) is 0. The van der Waals surface area contributed by atoms with Crippen LogP contribution in [0, 0.1) is 0 Å². The molecule has 0 spiro atoms. The van der Waals surface area contributed by atoms with Gasteiger partial charge in [-0.3, -0.25) is 13.9 Å². The van der Waals surface area contributed by atoms with E-state index in [0.717, 1.165) is 24.3 Å². The highest BCUT2D eigenvalue weighted by Crippen LogP contribution is 2.41. The van der Waals surface area contributed by atoms with Crippen molar-refractivity contribution in [1.29, 1.82) is 0 Å². The minimum atomic E-state index is -4.81. The molecule has 0 saturated heterocycles. The van der Waals surface area contributed by atoms with Gasteiger partial charge in [-0.1, -0.05) is 12.6 Å². The van der Waals surface area contributed by atoms with Gasteiger partial charge in [-0.05, 0) is 51.6 Å². The van der Waals surface area contributed by atoms with Crippen LogP contribution >= 0.6 is 15.9 Å². The summed E-state index contributed by atoms with van der Waals surface area (Å²) in [5, 5.41) is 20.5. The smallest absolute Gasteiger partial charge is 0.296 e. The van der Waals surface area contributed by atoms with Crippen molar-refractivity contribution >= 4 is 75.6 Å². The number of rotatable bonds is 6. The van der Waals surface area contributed by atoms with Crippen LogP contribution in [0.4, 0.5) is 22.7 Å². The monoisotopic (exact) mass is 570 g/mol. The molecular formula is C19H15BrN4O8S2. The van der Waals surface area contributed by atoms with Crippen molar-refractivity contribution in [3.05, 3.63) is 53.5 Å². The van der Waals surface area contributed by atoms with Crippen LogP contribution < -0.4 is 11.1 Å². The summed E-state index contributed by atoms with van der Waals surface area (Å²) in [5.74, 6) is -1.24. The Labute approximate surface area is 201 Å². The lowest BCUT2D eigenvalue weighted by atomic mass is 10.1. The SMILES string of the molecule is C=C(Br)C(=O)Nc1ccc(N=Nc2c(N)ccc3cc(S(=O)(=O)O)cc(O)c23)c(S(=O)(=O)O)c1. The number of nitrogen functional groups attached to an aromatic ring is 1. The first-order valence-corrected chi connectivity index (χ1v) is 12.6. The summed E-state index contributed by atoms with van der Waals surface area (Å²) in [6.45, 7) is 3.39. The predicted octanol–water partition coefficient (Wildman–Crippen LogP) is 3.88. The van der Waals surface area contributed by atoms with Crippen LogP contribution in [0.2, 0.25) is 0 Å². The number of hydrogen-bond donors (Lipinski definition) is 5. The largest absolute Gasteiger partial charge is 0.507 e. The lowest BCUT2D eigenvalue weighted by Gasteiger charge is -2.10. The van der Waals surface area contributed by atoms with Gasteiger partial charge in [0.05, 0.1) is 20.5 Å². The minimum absolute atomic E-state index is 0.000669. The van der Waals surface area contributed by atoms with Gasteiger partial charge in [0, 0.05) is 11.8 Å². The molecule has 0 unspecified atom stereocenters. The number of anilines is 2. The van der Waals surface area contributed by atoms with Gasteiger partial charge < -0.3 is 16.2 Å². The second-order valence-electron chi connectivity index (χ2n) is 6.74. The summed E-state index contributed by atoms with van der Waals surface area (Å²) in [4.78, 5) is 10.5. The van der Waals surface area contributed by atoms with Gasteiger partial charge in [-0.15, -0.1) is 10.2 Å². The van der Waals surface area contributed by atoms with Crippen LogP contribution in [0.5, 0.6) is 5.75 Å². The number of hydrogen-bond acceptors (Lipinski definition) is 9. The highest BCUT2D eigenvalue weighted by molar-refractivity contribution is 9.12. The van der Waals surface area contributed by atoms with E-state index >= 15 is 0 Å². The molecule has 12 nitrogen and oxygen atoms in total. The Balaban J connectivity index is 2.15. The molecule has 3 aromatic rings. The summed E-state index contributed by atoms with van der Waals surface area (Å²) < 4.78 is 65.4. The normalized spacial score (nSPS) is 12.2. The molecule has 0 aliphatic heterocycles. The van der Waals surface area contributed by atoms with Crippen molar-refractivity contribution in [3.63, 3.8) is 0 Å². The molecule has 178 valence electrons. The van der Waals surface area contributed by atoms with Crippen molar-refractivity contribution in [2.75, 3.05) is 11.1 Å². The maximum Gasteiger partial charge on any atom is 0.296 e.